The van der Waals surface area contributed by atoms with Gasteiger partial charge in [-0.3, -0.25) is 0 Å². The highest BCUT2D eigenvalue weighted by molar-refractivity contribution is 7.81. The fraction of sp³-hybridized carbons (Fsp3) is 0.636. The molecule has 0 nitrogen and oxygen atoms in total. The molecule has 0 aromatic rings. The molecule has 0 saturated carbocycles. The van der Waals surface area contributed by atoms with E-state index >= 15 is 0 Å². The van der Waals surface area contributed by atoms with Gasteiger partial charge in [0.2, 0.25) is 0 Å². The lowest BCUT2D eigenvalue weighted by molar-refractivity contribution is 1.06. The van der Waals surface area contributed by atoms with Crippen LogP contribution >= 0.6 is 36.7 Å². The van der Waals surface area contributed by atoms with Crippen molar-refractivity contribution in [3.63, 3.8) is 0 Å². The van der Waals surface area contributed by atoms with Crippen LogP contribution in [0.5, 0.6) is 0 Å². The summed E-state index contributed by atoms with van der Waals surface area (Å²) in [6, 6.07) is 0. The summed E-state index contributed by atoms with van der Waals surface area (Å²) in [5.41, 5.74) is 0. The second-order valence-corrected chi connectivity index (χ2v) is 4.95. The van der Waals surface area contributed by atoms with Gasteiger partial charge >= 0.3 is 0 Å². The quantitative estimate of drug-likeness (QED) is 0.586. The monoisotopic (exact) mass is 245 g/mol. The van der Waals surface area contributed by atoms with Gasteiger partial charge in [0.1, 0.15) is 0 Å². The topological polar surface area (TPSA) is 0 Å². The normalized spacial score (nSPS) is 9.86. The summed E-state index contributed by atoms with van der Waals surface area (Å²) in [4.78, 5) is 3.23. The van der Waals surface area contributed by atoms with Gasteiger partial charge in [0.05, 0.1) is 0 Å². The van der Waals surface area contributed by atoms with Gasteiger partial charge in [-0.2, -0.15) is 0 Å². The summed E-state index contributed by atoms with van der Waals surface area (Å²) in [7, 11) is 0. The number of hydrogen-bond acceptors (Lipinski definition) is 3. The van der Waals surface area contributed by atoms with Crippen molar-refractivity contribution in [3.8, 4) is 0 Å². The van der Waals surface area contributed by atoms with Gasteiger partial charge in [0.25, 0.3) is 0 Å². The second-order valence-electron chi connectivity index (χ2n) is 3.22. The lowest BCUT2D eigenvalue weighted by Gasteiger charge is -2.04. The molecule has 0 aromatic heterocycles. The van der Waals surface area contributed by atoms with Crippen LogP contribution in [0.25, 0.3) is 0 Å². The van der Waals surface area contributed by atoms with Crippen molar-refractivity contribution in [2.75, 3.05) is 0 Å². The minimum Gasteiger partial charge on any atom is -0.0897 e. The van der Waals surface area contributed by atoms with Crippen LogP contribution in [0.4, 0.5) is 0 Å². The molecule has 0 aromatic carbocycles. The van der Waals surface area contributed by atoms with Gasteiger partial charge in [0, 0.05) is 0 Å². The van der Waals surface area contributed by atoms with E-state index < -0.39 is 0 Å². The smallest absolute Gasteiger partial charge is 0.00645 e. The molecular formula is C11H17S3. The lowest BCUT2D eigenvalue weighted by atomic mass is 10.1. The molecule has 0 N–H and O–H groups in total. The summed E-state index contributed by atoms with van der Waals surface area (Å²) in [6.45, 7) is 5.83. The van der Waals surface area contributed by atoms with E-state index in [9.17, 15) is 0 Å². The minimum absolute atomic E-state index is 0.741. The van der Waals surface area contributed by atoms with E-state index in [1.165, 1.54) is 0 Å². The summed E-state index contributed by atoms with van der Waals surface area (Å²) >= 11 is 15.5. The van der Waals surface area contributed by atoms with Crippen LogP contribution in [-0.2, 0) is 0 Å². The summed E-state index contributed by atoms with van der Waals surface area (Å²) in [5.74, 6) is 0. The minimum atomic E-state index is 0.741. The zero-order valence-corrected chi connectivity index (χ0v) is 11.1. The van der Waals surface area contributed by atoms with Crippen molar-refractivity contribution in [2.24, 2.45) is 0 Å². The second kappa shape index (κ2) is 8.57. The molecule has 0 aliphatic carbocycles. The fourth-order valence-electron chi connectivity index (χ4n) is 0.984. The van der Waals surface area contributed by atoms with E-state index in [0.717, 1.165) is 53.1 Å². The van der Waals surface area contributed by atoms with Crippen molar-refractivity contribution in [1.82, 2.24) is 0 Å². The van der Waals surface area contributed by atoms with Crippen LogP contribution in [0.15, 0.2) is 0 Å². The van der Waals surface area contributed by atoms with E-state index in [2.05, 4.69) is 13.8 Å². The highest BCUT2D eigenvalue weighted by atomic mass is 32.1. The van der Waals surface area contributed by atoms with Crippen molar-refractivity contribution in [3.05, 3.63) is 6.92 Å². The van der Waals surface area contributed by atoms with Gasteiger partial charge in [-0.15, -0.1) is 0 Å². The van der Waals surface area contributed by atoms with Gasteiger partial charge in [-0.05, 0) is 60.0 Å². The largest absolute Gasteiger partial charge is 0.0897 e. The fourth-order valence-corrected chi connectivity index (χ4v) is 1.39. The Hall–Kier alpha value is 0.270. The van der Waals surface area contributed by atoms with E-state index in [4.69, 9.17) is 36.7 Å². The molecule has 0 bridgehead atoms. The summed E-state index contributed by atoms with van der Waals surface area (Å²) < 4.78 is 0. The molecule has 0 heterocycles. The third kappa shape index (κ3) is 7.65. The van der Waals surface area contributed by atoms with Gasteiger partial charge in [-0.1, -0.05) is 43.6 Å². The summed E-state index contributed by atoms with van der Waals surface area (Å²) in [5, 5.41) is 0. The van der Waals surface area contributed by atoms with Crippen molar-refractivity contribution < 1.29 is 0 Å². The Morgan fingerprint density at radius 3 is 1.71 bits per heavy atom. The highest BCUT2D eigenvalue weighted by Gasteiger charge is 2.01. The summed E-state index contributed by atoms with van der Waals surface area (Å²) in [6.07, 6.45) is 5.47. The van der Waals surface area contributed by atoms with Crippen LogP contribution in [0.3, 0.4) is 0 Å². The first-order valence-electron chi connectivity index (χ1n) is 4.94. The standard InChI is InChI=1S/C11H17S3/c1-3-9(12)5-7-11(14)8-6-10(13)4-2/h1,3-8H2,2H3. The Morgan fingerprint density at radius 1 is 0.857 bits per heavy atom. The lowest BCUT2D eigenvalue weighted by Crippen LogP contribution is -2.02. The Morgan fingerprint density at radius 2 is 1.29 bits per heavy atom. The third-order valence-corrected chi connectivity index (χ3v) is 3.35. The molecule has 0 spiro atoms. The first kappa shape index (κ1) is 14.3. The predicted molar refractivity (Wildman–Crippen MR) is 76.5 cm³/mol. The first-order valence-corrected chi connectivity index (χ1v) is 6.17. The number of rotatable bonds is 8. The van der Waals surface area contributed by atoms with Crippen molar-refractivity contribution in [2.45, 2.75) is 45.4 Å². The highest BCUT2D eigenvalue weighted by Crippen LogP contribution is 2.06. The Kier molecular flexibility index (Phi) is 8.73. The Bertz CT molecular complexity index is 197. The molecule has 0 fully saturated rings. The Labute approximate surface area is 103 Å². The SMILES string of the molecule is [CH2]CC(=S)CCC(=S)CCC(=S)CC. The molecule has 3 heteroatoms. The molecule has 0 atom stereocenters. The third-order valence-electron chi connectivity index (χ3n) is 2.04. The maximum absolute atomic E-state index is 5.25. The van der Waals surface area contributed by atoms with Crippen molar-refractivity contribution in [1.29, 1.82) is 0 Å². The van der Waals surface area contributed by atoms with Gasteiger partial charge < -0.3 is 0 Å². The van der Waals surface area contributed by atoms with E-state index in [1.807, 2.05) is 0 Å². The Balaban J connectivity index is 3.56. The first-order chi connectivity index (χ1) is 6.60. The average Bonchev–Trinajstić information content (AvgIpc) is 2.22. The van der Waals surface area contributed by atoms with Crippen LogP contribution in [0.2, 0.25) is 0 Å². The van der Waals surface area contributed by atoms with Crippen LogP contribution < -0.4 is 0 Å². The zero-order valence-electron chi connectivity index (χ0n) is 8.67. The van der Waals surface area contributed by atoms with Crippen molar-refractivity contribution >= 4 is 51.2 Å². The molecular weight excluding hydrogens is 228 g/mol. The molecule has 79 valence electrons. The van der Waals surface area contributed by atoms with Gasteiger partial charge in [-0.25, -0.2) is 0 Å². The van der Waals surface area contributed by atoms with E-state index in [-0.39, 0.29) is 0 Å². The molecule has 0 aliphatic heterocycles. The van der Waals surface area contributed by atoms with E-state index in [0.29, 0.717) is 0 Å². The maximum atomic E-state index is 5.25. The van der Waals surface area contributed by atoms with Crippen LogP contribution in [-0.4, -0.2) is 14.6 Å². The molecule has 0 rings (SSSR count). The molecule has 0 aliphatic rings. The average molecular weight is 245 g/mol. The number of thiocarbonyl (C=S) groups is 3. The molecule has 0 saturated heterocycles. The van der Waals surface area contributed by atoms with E-state index in [1.54, 1.807) is 0 Å². The predicted octanol–water partition coefficient (Wildman–Crippen LogP) is 4.29. The molecule has 0 unspecified atom stereocenters. The van der Waals surface area contributed by atoms with Gasteiger partial charge in [0.15, 0.2) is 0 Å². The maximum Gasteiger partial charge on any atom is -0.00645 e. The van der Waals surface area contributed by atoms with Crippen LogP contribution in [0, 0.1) is 6.92 Å². The molecule has 1 radical (unpaired) electrons. The van der Waals surface area contributed by atoms with Crippen LogP contribution in [0.1, 0.15) is 45.4 Å². The molecule has 14 heavy (non-hydrogen) atoms. The zero-order chi connectivity index (χ0) is 11.0. The molecule has 0 amide bonds. The number of hydrogen-bond donors (Lipinski definition) is 0.